The molecule has 3 aromatic rings. The molecule has 2 aromatic carbocycles. The Bertz CT molecular complexity index is 912. The molecule has 0 radical (unpaired) electrons. The third-order valence-electron chi connectivity index (χ3n) is 4.39. The van der Waals surface area contributed by atoms with Gasteiger partial charge in [0.05, 0.1) is 11.8 Å². The van der Waals surface area contributed by atoms with Crippen molar-refractivity contribution in [1.29, 1.82) is 0 Å². The van der Waals surface area contributed by atoms with Crippen LogP contribution in [0.5, 0.6) is 0 Å². The van der Waals surface area contributed by atoms with Crippen LogP contribution in [0.1, 0.15) is 36.8 Å². The van der Waals surface area contributed by atoms with Gasteiger partial charge in [0.2, 0.25) is 5.91 Å². The van der Waals surface area contributed by atoms with Crippen molar-refractivity contribution in [2.24, 2.45) is 0 Å². The maximum Gasteiger partial charge on any atom is 0.230 e. The van der Waals surface area contributed by atoms with Crippen molar-refractivity contribution < 1.29 is 4.79 Å². The number of hydrogen-bond acceptors (Lipinski definition) is 4. The second kappa shape index (κ2) is 9.75. The Hall–Kier alpha value is -2.31. The third-order valence-corrected chi connectivity index (χ3v) is 5.61. The van der Waals surface area contributed by atoms with Gasteiger partial charge in [-0.15, -0.1) is 10.2 Å². The molecule has 1 heterocycles. The smallest absolute Gasteiger partial charge is 0.230 e. The highest BCUT2D eigenvalue weighted by atomic mass is 35.5. The van der Waals surface area contributed by atoms with Crippen LogP contribution in [0.25, 0.3) is 0 Å². The topological polar surface area (TPSA) is 59.8 Å². The number of thioether (sulfide) groups is 1. The number of nitrogens with zero attached hydrogens (tertiary/aromatic N) is 3. The van der Waals surface area contributed by atoms with Crippen molar-refractivity contribution in [3.63, 3.8) is 0 Å². The second-order valence-electron chi connectivity index (χ2n) is 6.43. The fourth-order valence-corrected chi connectivity index (χ4v) is 3.86. The van der Waals surface area contributed by atoms with E-state index in [0.717, 1.165) is 28.7 Å². The molecule has 5 nitrogen and oxygen atoms in total. The van der Waals surface area contributed by atoms with E-state index >= 15 is 0 Å². The lowest BCUT2D eigenvalue weighted by Gasteiger charge is -2.14. The van der Waals surface area contributed by atoms with E-state index in [2.05, 4.69) is 22.4 Å². The van der Waals surface area contributed by atoms with Gasteiger partial charge in [0.25, 0.3) is 0 Å². The van der Waals surface area contributed by atoms with Crippen LogP contribution >= 0.6 is 23.4 Å². The van der Waals surface area contributed by atoms with Crippen LogP contribution in [0.3, 0.4) is 0 Å². The van der Waals surface area contributed by atoms with E-state index in [0.29, 0.717) is 17.2 Å². The molecule has 0 spiro atoms. The van der Waals surface area contributed by atoms with E-state index in [1.165, 1.54) is 11.8 Å². The van der Waals surface area contributed by atoms with Gasteiger partial charge in [-0.2, -0.15) is 0 Å². The molecule has 1 aromatic heterocycles. The van der Waals surface area contributed by atoms with Crippen molar-refractivity contribution >= 4 is 29.3 Å². The molecule has 0 bridgehead atoms. The van der Waals surface area contributed by atoms with Crippen molar-refractivity contribution in [2.45, 2.75) is 38.0 Å². The SMILES string of the molecule is CCn1c(Cc2ccc(Cl)cc2)nnc1SCC(=O)NC(C)c1ccccc1. The van der Waals surface area contributed by atoms with Gasteiger partial charge in [-0.05, 0) is 37.1 Å². The summed E-state index contributed by atoms with van der Waals surface area (Å²) < 4.78 is 2.05. The Morgan fingerprint density at radius 3 is 2.54 bits per heavy atom. The molecule has 0 saturated carbocycles. The Morgan fingerprint density at radius 1 is 1.14 bits per heavy atom. The fraction of sp³-hybridized carbons (Fsp3) is 0.286. The molecule has 1 unspecified atom stereocenters. The molecule has 28 heavy (non-hydrogen) atoms. The first-order valence-electron chi connectivity index (χ1n) is 9.20. The van der Waals surface area contributed by atoms with Crippen LogP contribution in [0.2, 0.25) is 5.02 Å². The molecule has 0 aliphatic carbocycles. The van der Waals surface area contributed by atoms with Gasteiger partial charge in [-0.25, -0.2) is 0 Å². The number of aromatic nitrogens is 3. The fourth-order valence-electron chi connectivity index (χ4n) is 2.90. The lowest BCUT2D eigenvalue weighted by atomic mass is 10.1. The molecule has 0 saturated heterocycles. The summed E-state index contributed by atoms with van der Waals surface area (Å²) in [4.78, 5) is 12.3. The summed E-state index contributed by atoms with van der Waals surface area (Å²) in [6.45, 7) is 4.79. The molecule has 1 amide bonds. The second-order valence-corrected chi connectivity index (χ2v) is 7.81. The van der Waals surface area contributed by atoms with E-state index in [4.69, 9.17) is 11.6 Å². The molecular weight excluding hydrogens is 392 g/mol. The van der Waals surface area contributed by atoms with Crippen LogP contribution in [0.15, 0.2) is 59.8 Å². The Balaban J connectivity index is 1.59. The highest BCUT2D eigenvalue weighted by Gasteiger charge is 2.15. The minimum Gasteiger partial charge on any atom is -0.349 e. The van der Waals surface area contributed by atoms with E-state index < -0.39 is 0 Å². The first-order valence-corrected chi connectivity index (χ1v) is 10.6. The lowest BCUT2D eigenvalue weighted by molar-refractivity contribution is -0.119. The minimum atomic E-state index is -0.0289. The predicted octanol–water partition coefficient (Wildman–Crippen LogP) is 4.51. The highest BCUT2D eigenvalue weighted by Crippen LogP contribution is 2.20. The van der Waals surface area contributed by atoms with Crippen molar-refractivity contribution in [1.82, 2.24) is 20.1 Å². The predicted molar refractivity (Wildman–Crippen MR) is 114 cm³/mol. The Morgan fingerprint density at radius 2 is 1.86 bits per heavy atom. The van der Waals surface area contributed by atoms with Crippen LogP contribution < -0.4 is 5.32 Å². The molecule has 1 N–H and O–H groups in total. The van der Waals surface area contributed by atoms with E-state index in [1.54, 1.807) is 0 Å². The summed E-state index contributed by atoms with van der Waals surface area (Å²) in [6, 6.07) is 17.6. The summed E-state index contributed by atoms with van der Waals surface area (Å²) >= 11 is 7.36. The lowest BCUT2D eigenvalue weighted by Crippen LogP contribution is -2.28. The maximum atomic E-state index is 12.3. The van der Waals surface area contributed by atoms with Crippen LogP contribution in [0, 0.1) is 0 Å². The summed E-state index contributed by atoms with van der Waals surface area (Å²) in [7, 11) is 0. The quantitative estimate of drug-likeness (QED) is 0.551. The highest BCUT2D eigenvalue weighted by molar-refractivity contribution is 7.99. The number of amides is 1. The first kappa shape index (κ1) is 20.4. The molecule has 3 rings (SSSR count). The Labute approximate surface area is 174 Å². The number of hydrogen-bond donors (Lipinski definition) is 1. The van der Waals surface area contributed by atoms with Crippen LogP contribution in [0.4, 0.5) is 0 Å². The summed E-state index contributed by atoms with van der Waals surface area (Å²) in [5.41, 5.74) is 2.21. The van der Waals surface area contributed by atoms with Gasteiger partial charge >= 0.3 is 0 Å². The molecular formula is C21H23ClN4OS. The summed E-state index contributed by atoms with van der Waals surface area (Å²) in [5.74, 6) is 1.16. The number of carbonyl (C=O) groups is 1. The van der Waals surface area contributed by atoms with Gasteiger partial charge in [-0.1, -0.05) is 65.8 Å². The van der Waals surface area contributed by atoms with Crippen LogP contribution in [-0.4, -0.2) is 26.4 Å². The molecule has 0 aliphatic heterocycles. The number of rotatable bonds is 8. The minimum absolute atomic E-state index is 0.0220. The molecule has 0 fully saturated rings. The largest absolute Gasteiger partial charge is 0.349 e. The number of halogens is 1. The number of carbonyl (C=O) groups excluding carboxylic acids is 1. The molecule has 146 valence electrons. The summed E-state index contributed by atoms with van der Waals surface area (Å²) in [6.07, 6.45) is 0.676. The van der Waals surface area contributed by atoms with E-state index in [1.807, 2.05) is 66.1 Å². The van der Waals surface area contributed by atoms with Crippen LogP contribution in [-0.2, 0) is 17.8 Å². The maximum absolute atomic E-state index is 12.3. The van der Waals surface area contributed by atoms with Gasteiger partial charge in [0.1, 0.15) is 5.82 Å². The van der Waals surface area contributed by atoms with Crippen molar-refractivity contribution in [3.8, 4) is 0 Å². The first-order chi connectivity index (χ1) is 13.6. The number of benzene rings is 2. The average Bonchev–Trinajstić information content (AvgIpc) is 3.10. The van der Waals surface area contributed by atoms with Gasteiger partial charge < -0.3 is 9.88 Å². The van der Waals surface area contributed by atoms with Gasteiger partial charge in [0, 0.05) is 18.0 Å². The van der Waals surface area contributed by atoms with Gasteiger partial charge in [-0.3, -0.25) is 4.79 Å². The molecule has 0 aliphatic rings. The van der Waals surface area contributed by atoms with E-state index in [-0.39, 0.29) is 11.9 Å². The molecule has 1 atom stereocenters. The monoisotopic (exact) mass is 414 g/mol. The zero-order valence-electron chi connectivity index (χ0n) is 15.9. The van der Waals surface area contributed by atoms with Crippen molar-refractivity contribution in [2.75, 3.05) is 5.75 Å². The zero-order valence-corrected chi connectivity index (χ0v) is 17.5. The normalized spacial score (nSPS) is 12.0. The van der Waals surface area contributed by atoms with E-state index in [9.17, 15) is 4.79 Å². The third kappa shape index (κ3) is 5.36. The average molecular weight is 415 g/mol. The molecule has 7 heteroatoms. The standard InChI is InChI=1S/C21H23ClN4OS/c1-3-26-19(13-16-9-11-18(22)12-10-16)24-25-21(26)28-14-20(27)23-15(2)17-7-5-4-6-8-17/h4-12,15H,3,13-14H2,1-2H3,(H,23,27). The zero-order chi connectivity index (χ0) is 19.9. The Kier molecular flexibility index (Phi) is 7.12. The van der Waals surface area contributed by atoms with Gasteiger partial charge in [0.15, 0.2) is 5.16 Å². The number of nitrogens with one attached hydrogen (secondary N) is 1. The summed E-state index contributed by atoms with van der Waals surface area (Å²) in [5, 5.41) is 13.1. The van der Waals surface area contributed by atoms with Crippen molar-refractivity contribution in [3.05, 3.63) is 76.6 Å².